The highest BCUT2D eigenvalue weighted by Gasteiger charge is 2.13. The number of hydrogen-bond donors (Lipinski definition) is 1. The molecule has 0 fully saturated rings. The van der Waals surface area contributed by atoms with E-state index in [9.17, 15) is 4.39 Å². The number of fused-ring (bicyclic) bond motifs is 1. The second-order valence-corrected chi connectivity index (χ2v) is 6.79. The largest absolute Gasteiger partial charge is 0.331 e. The van der Waals surface area contributed by atoms with Crippen LogP contribution in [0.2, 0.25) is 0 Å². The Morgan fingerprint density at radius 1 is 1.35 bits per heavy atom. The molecule has 104 valence electrons. The van der Waals surface area contributed by atoms with Crippen LogP contribution in [0, 0.1) is 17.5 Å². The molecule has 1 atom stereocenters. The summed E-state index contributed by atoms with van der Waals surface area (Å²) in [6.45, 7) is 4.22. The molecule has 0 saturated heterocycles. The smallest absolute Gasteiger partial charge is 0.178 e. The maximum absolute atomic E-state index is 13.5. The molecule has 3 aromatic rings. The molecule has 0 amide bonds. The van der Waals surface area contributed by atoms with Gasteiger partial charge in [0, 0.05) is 22.2 Å². The van der Waals surface area contributed by atoms with Crippen molar-refractivity contribution in [1.82, 2.24) is 9.55 Å². The number of imidazole rings is 1. The lowest BCUT2D eigenvalue weighted by Crippen LogP contribution is -2.07. The zero-order valence-electron chi connectivity index (χ0n) is 11.3. The van der Waals surface area contributed by atoms with E-state index in [-0.39, 0.29) is 11.9 Å². The van der Waals surface area contributed by atoms with Crippen LogP contribution in [0.3, 0.4) is 0 Å². The van der Waals surface area contributed by atoms with Crippen LogP contribution in [0.5, 0.6) is 0 Å². The minimum Gasteiger partial charge on any atom is -0.331 e. The molecule has 1 N–H and O–H groups in total. The Balaban J connectivity index is 2.02. The van der Waals surface area contributed by atoms with Gasteiger partial charge in [0.25, 0.3) is 0 Å². The van der Waals surface area contributed by atoms with Gasteiger partial charge >= 0.3 is 0 Å². The average molecular weight is 306 g/mol. The monoisotopic (exact) mass is 306 g/mol. The summed E-state index contributed by atoms with van der Waals surface area (Å²) in [5, 5.41) is 0. The average Bonchev–Trinajstić information content (AvgIpc) is 2.91. The molecular formula is C15H15FN2S2. The van der Waals surface area contributed by atoms with E-state index in [1.807, 2.05) is 4.57 Å². The third-order valence-electron chi connectivity index (χ3n) is 3.41. The molecule has 0 spiro atoms. The first-order chi connectivity index (χ1) is 9.54. The molecule has 20 heavy (non-hydrogen) atoms. The number of H-pyrrole nitrogens is 1. The van der Waals surface area contributed by atoms with Gasteiger partial charge in [-0.3, -0.25) is 0 Å². The molecule has 0 aliphatic heterocycles. The number of nitrogens with one attached hydrogen (secondary N) is 1. The number of rotatable bonds is 3. The van der Waals surface area contributed by atoms with Crippen molar-refractivity contribution in [2.75, 3.05) is 0 Å². The molecule has 0 radical (unpaired) electrons. The fourth-order valence-electron chi connectivity index (χ4n) is 2.51. The highest BCUT2D eigenvalue weighted by molar-refractivity contribution is 7.71. The Kier molecular flexibility index (Phi) is 3.48. The van der Waals surface area contributed by atoms with Gasteiger partial charge in [0.2, 0.25) is 0 Å². The molecule has 0 aliphatic carbocycles. The van der Waals surface area contributed by atoms with Crippen molar-refractivity contribution in [2.45, 2.75) is 26.3 Å². The van der Waals surface area contributed by atoms with Crippen LogP contribution in [-0.2, 0) is 6.42 Å². The van der Waals surface area contributed by atoms with E-state index >= 15 is 0 Å². The van der Waals surface area contributed by atoms with E-state index in [2.05, 4.69) is 31.0 Å². The van der Waals surface area contributed by atoms with Crippen molar-refractivity contribution in [2.24, 2.45) is 0 Å². The number of thiophene rings is 1. The number of halogens is 1. The van der Waals surface area contributed by atoms with Gasteiger partial charge in [-0.2, -0.15) is 0 Å². The summed E-state index contributed by atoms with van der Waals surface area (Å²) in [5.74, 6) is -0.237. The van der Waals surface area contributed by atoms with Crippen molar-refractivity contribution in [3.8, 4) is 0 Å². The van der Waals surface area contributed by atoms with E-state index in [1.165, 1.54) is 21.9 Å². The predicted octanol–water partition coefficient (Wildman–Crippen LogP) is 5.01. The van der Waals surface area contributed by atoms with E-state index in [4.69, 9.17) is 12.2 Å². The number of aryl methyl sites for hydroxylation is 1. The van der Waals surface area contributed by atoms with Crippen molar-refractivity contribution >= 4 is 34.6 Å². The molecule has 2 aromatic heterocycles. The van der Waals surface area contributed by atoms with Crippen LogP contribution in [0.1, 0.15) is 22.7 Å². The van der Waals surface area contributed by atoms with E-state index in [0.29, 0.717) is 4.77 Å². The number of benzene rings is 1. The fraction of sp³-hybridized carbons (Fsp3) is 0.267. The van der Waals surface area contributed by atoms with Gasteiger partial charge < -0.3 is 9.55 Å². The van der Waals surface area contributed by atoms with E-state index < -0.39 is 0 Å². The van der Waals surface area contributed by atoms with Gasteiger partial charge in [-0.25, -0.2) is 4.39 Å². The highest BCUT2D eigenvalue weighted by atomic mass is 32.1. The van der Waals surface area contributed by atoms with Crippen molar-refractivity contribution in [3.05, 3.63) is 50.7 Å². The van der Waals surface area contributed by atoms with Gasteiger partial charge in [-0.1, -0.05) is 0 Å². The van der Waals surface area contributed by atoms with Gasteiger partial charge in [-0.15, -0.1) is 11.3 Å². The van der Waals surface area contributed by atoms with E-state index in [0.717, 1.165) is 17.5 Å². The summed E-state index contributed by atoms with van der Waals surface area (Å²) in [6.07, 6.45) is 0.899. The van der Waals surface area contributed by atoms with Crippen LogP contribution in [0.15, 0.2) is 30.3 Å². The summed E-state index contributed by atoms with van der Waals surface area (Å²) in [4.78, 5) is 5.77. The normalized spacial score (nSPS) is 12.9. The second-order valence-electron chi connectivity index (χ2n) is 5.03. The first-order valence-electron chi connectivity index (χ1n) is 6.49. The molecular weight excluding hydrogens is 291 g/mol. The van der Waals surface area contributed by atoms with Crippen molar-refractivity contribution in [3.63, 3.8) is 0 Å². The molecule has 0 bridgehead atoms. The maximum Gasteiger partial charge on any atom is 0.178 e. The summed E-state index contributed by atoms with van der Waals surface area (Å²) in [7, 11) is 0. The Labute approximate surface area is 125 Å². The Morgan fingerprint density at radius 2 is 2.15 bits per heavy atom. The lowest BCUT2D eigenvalue weighted by Gasteiger charge is -2.13. The SMILES string of the molecule is Cc1ccc(CC(C)n2c(=S)[nH]c3ccc(F)cc32)s1. The molecule has 0 saturated carbocycles. The number of hydrogen-bond acceptors (Lipinski definition) is 2. The second kappa shape index (κ2) is 5.14. The first kappa shape index (κ1) is 13.5. The van der Waals surface area contributed by atoms with Crippen molar-refractivity contribution in [1.29, 1.82) is 0 Å². The first-order valence-corrected chi connectivity index (χ1v) is 7.72. The molecule has 0 aliphatic rings. The minimum absolute atomic E-state index is 0.191. The summed E-state index contributed by atoms with van der Waals surface area (Å²) in [5.41, 5.74) is 1.71. The van der Waals surface area contributed by atoms with Crippen LogP contribution >= 0.6 is 23.6 Å². The van der Waals surface area contributed by atoms with Gasteiger partial charge in [0.15, 0.2) is 4.77 Å². The van der Waals surface area contributed by atoms with Gasteiger partial charge in [-0.05, 0) is 56.4 Å². The standard InChI is InChI=1S/C15H15FN2S2/c1-9(7-12-5-3-10(2)20-12)18-14-8-11(16)4-6-13(14)17-15(18)19/h3-6,8-9H,7H2,1-2H3,(H,17,19). The van der Waals surface area contributed by atoms with Crippen LogP contribution in [-0.4, -0.2) is 9.55 Å². The Hall–Kier alpha value is -1.46. The Morgan fingerprint density at radius 3 is 2.85 bits per heavy atom. The highest BCUT2D eigenvalue weighted by Crippen LogP contribution is 2.25. The molecule has 1 unspecified atom stereocenters. The van der Waals surface area contributed by atoms with E-state index in [1.54, 1.807) is 17.4 Å². The van der Waals surface area contributed by atoms with Crippen LogP contribution in [0.25, 0.3) is 11.0 Å². The van der Waals surface area contributed by atoms with Gasteiger partial charge in [0.05, 0.1) is 11.0 Å². The van der Waals surface area contributed by atoms with Gasteiger partial charge in [0.1, 0.15) is 5.82 Å². The molecule has 2 nitrogen and oxygen atoms in total. The summed E-state index contributed by atoms with van der Waals surface area (Å²) in [6, 6.07) is 9.19. The summed E-state index contributed by atoms with van der Waals surface area (Å²) >= 11 is 7.18. The topological polar surface area (TPSA) is 20.7 Å². The zero-order valence-corrected chi connectivity index (χ0v) is 12.9. The quantitative estimate of drug-likeness (QED) is 0.674. The number of aromatic amines is 1. The lowest BCUT2D eigenvalue weighted by atomic mass is 10.2. The molecule has 1 aromatic carbocycles. The fourth-order valence-corrected chi connectivity index (χ4v) is 3.91. The van der Waals surface area contributed by atoms with Crippen molar-refractivity contribution < 1.29 is 4.39 Å². The molecule has 5 heteroatoms. The molecule has 3 rings (SSSR count). The summed E-state index contributed by atoms with van der Waals surface area (Å²) < 4.78 is 16.1. The third kappa shape index (κ3) is 2.43. The Bertz CT molecular complexity index is 813. The predicted molar refractivity (Wildman–Crippen MR) is 84.6 cm³/mol. The van der Waals surface area contributed by atoms with Crippen LogP contribution < -0.4 is 0 Å². The lowest BCUT2D eigenvalue weighted by molar-refractivity contribution is 0.555. The minimum atomic E-state index is -0.237. The zero-order chi connectivity index (χ0) is 14.3. The number of aromatic nitrogens is 2. The number of nitrogens with zero attached hydrogens (tertiary/aromatic N) is 1. The molecule has 2 heterocycles. The third-order valence-corrected chi connectivity index (χ3v) is 4.73. The van der Waals surface area contributed by atoms with Crippen LogP contribution in [0.4, 0.5) is 4.39 Å². The maximum atomic E-state index is 13.5.